The highest BCUT2D eigenvalue weighted by Gasteiger charge is 2.08. The van der Waals surface area contributed by atoms with Gasteiger partial charge in [0.2, 0.25) is 0 Å². The Bertz CT molecular complexity index is 665. The number of rotatable bonds is 5. The number of hydrogen-bond donors (Lipinski definition) is 1. The van der Waals surface area contributed by atoms with Gasteiger partial charge in [0.15, 0.2) is 11.6 Å². The van der Waals surface area contributed by atoms with Gasteiger partial charge in [0.05, 0.1) is 17.7 Å². The lowest BCUT2D eigenvalue weighted by atomic mass is 10.1. The third-order valence-electron chi connectivity index (χ3n) is 2.76. The van der Waals surface area contributed by atoms with Crippen LogP contribution in [0.1, 0.15) is 25.0 Å². The van der Waals surface area contributed by atoms with Gasteiger partial charge in [-0.15, -0.1) is 0 Å². The highest BCUT2D eigenvalue weighted by molar-refractivity contribution is 5.50. The molecule has 1 aromatic heterocycles. The number of pyridine rings is 1. The average Bonchev–Trinajstić information content (AvgIpc) is 2.46. The molecule has 0 unspecified atom stereocenters. The van der Waals surface area contributed by atoms with E-state index < -0.39 is 5.82 Å². The number of nitrogens with zero attached hydrogens (tertiary/aromatic N) is 2. The van der Waals surface area contributed by atoms with Gasteiger partial charge in [0, 0.05) is 18.3 Å². The Balaban J connectivity index is 2.12. The molecule has 5 heteroatoms. The van der Waals surface area contributed by atoms with E-state index in [1.807, 2.05) is 26.0 Å². The predicted molar refractivity (Wildman–Crippen MR) is 78.4 cm³/mol. The second kappa shape index (κ2) is 6.71. The minimum atomic E-state index is -0.413. The van der Waals surface area contributed by atoms with Gasteiger partial charge in [-0.05, 0) is 38.1 Å². The van der Waals surface area contributed by atoms with Gasteiger partial charge < -0.3 is 10.1 Å². The summed E-state index contributed by atoms with van der Waals surface area (Å²) in [6.45, 7) is 4.12. The fourth-order valence-corrected chi connectivity index (χ4v) is 1.81. The van der Waals surface area contributed by atoms with Crippen LogP contribution in [0.2, 0.25) is 0 Å². The maximum absolute atomic E-state index is 13.8. The maximum atomic E-state index is 13.8. The first-order valence-electron chi connectivity index (χ1n) is 6.64. The molecule has 1 heterocycles. The van der Waals surface area contributed by atoms with Crippen molar-refractivity contribution in [3.05, 3.63) is 53.5 Å². The normalized spacial score (nSPS) is 10.2. The largest absolute Gasteiger partial charge is 0.487 e. The second-order valence-corrected chi connectivity index (χ2v) is 4.79. The second-order valence-electron chi connectivity index (χ2n) is 4.79. The SMILES string of the molecule is CC(C)Oc1cccnc1NCc1ccc(C#N)cc1F. The van der Waals surface area contributed by atoms with Gasteiger partial charge in [0.25, 0.3) is 0 Å². The molecule has 0 fully saturated rings. The zero-order valence-electron chi connectivity index (χ0n) is 11.9. The molecule has 1 aromatic carbocycles. The number of halogens is 1. The summed E-state index contributed by atoms with van der Waals surface area (Å²) in [5, 5.41) is 11.8. The van der Waals surface area contributed by atoms with Gasteiger partial charge >= 0.3 is 0 Å². The Hall–Kier alpha value is -2.61. The smallest absolute Gasteiger partial charge is 0.169 e. The summed E-state index contributed by atoms with van der Waals surface area (Å²) in [5.74, 6) is 0.778. The van der Waals surface area contributed by atoms with Crippen LogP contribution in [-0.4, -0.2) is 11.1 Å². The molecule has 0 saturated carbocycles. The third-order valence-corrected chi connectivity index (χ3v) is 2.76. The number of benzene rings is 1. The molecule has 0 atom stereocenters. The van der Waals surface area contributed by atoms with E-state index in [1.54, 1.807) is 24.4 Å². The molecule has 1 N–H and O–H groups in total. The van der Waals surface area contributed by atoms with E-state index in [0.29, 0.717) is 22.7 Å². The molecule has 0 spiro atoms. The molecule has 0 bridgehead atoms. The first kappa shape index (κ1) is 14.8. The Labute approximate surface area is 123 Å². The minimum Gasteiger partial charge on any atom is -0.487 e. The molecular formula is C16H16FN3O. The maximum Gasteiger partial charge on any atom is 0.169 e. The lowest BCUT2D eigenvalue weighted by molar-refractivity contribution is 0.243. The number of aromatic nitrogens is 1. The lowest BCUT2D eigenvalue weighted by Gasteiger charge is -2.14. The lowest BCUT2D eigenvalue weighted by Crippen LogP contribution is -2.10. The third kappa shape index (κ3) is 3.93. The van der Waals surface area contributed by atoms with Crippen molar-refractivity contribution in [3.8, 4) is 11.8 Å². The van der Waals surface area contributed by atoms with Crippen molar-refractivity contribution in [1.82, 2.24) is 4.98 Å². The van der Waals surface area contributed by atoms with Crippen LogP contribution in [0.25, 0.3) is 0 Å². The predicted octanol–water partition coefficient (Wildman–Crippen LogP) is 3.49. The van der Waals surface area contributed by atoms with Crippen molar-refractivity contribution >= 4 is 5.82 Å². The monoisotopic (exact) mass is 285 g/mol. The van der Waals surface area contributed by atoms with E-state index in [0.717, 1.165) is 0 Å². The van der Waals surface area contributed by atoms with Crippen molar-refractivity contribution in [1.29, 1.82) is 5.26 Å². The van der Waals surface area contributed by atoms with Crippen molar-refractivity contribution in [2.45, 2.75) is 26.5 Å². The molecule has 4 nitrogen and oxygen atoms in total. The molecule has 2 aromatic rings. The first-order chi connectivity index (χ1) is 10.1. The van der Waals surface area contributed by atoms with Gasteiger partial charge in [-0.3, -0.25) is 0 Å². The van der Waals surface area contributed by atoms with Gasteiger partial charge in [-0.2, -0.15) is 5.26 Å². The number of hydrogen-bond acceptors (Lipinski definition) is 4. The molecule has 21 heavy (non-hydrogen) atoms. The molecular weight excluding hydrogens is 269 g/mol. The quantitative estimate of drug-likeness (QED) is 0.913. The van der Waals surface area contributed by atoms with Crippen LogP contribution in [0.5, 0.6) is 5.75 Å². The van der Waals surface area contributed by atoms with Crippen LogP contribution in [-0.2, 0) is 6.54 Å². The van der Waals surface area contributed by atoms with Gasteiger partial charge in [-0.25, -0.2) is 9.37 Å². The van der Waals surface area contributed by atoms with Crippen LogP contribution in [0.3, 0.4) is 0 Å². The molecule has 0 amide bonds. The van der Waals surface area contributed by atoms with E-state index in [2.05, 4.69) is 10.3 Å². The van der Waals surface area contributed by atoms with Crippen LogP contribution in [0, 0.1) is 17.1 Å². The minimum absolute atomic E-state index is 0.0291. The van der Waals surface area contributed by atoms with Gasteiger partial charge in [-0.1, -0.05) is 6.07 Å². The summed E-state index contributed by atoms with van der Waals surface area (Å²) >= 11 is 0. The van der Waals surface area contributed by atoms with Crippen molar-refractivity contribution in [3.63, 3.8) is 0 Å². The highest BCUT2D eigenvalue weighted by atomic mass is 19.1. The number of ether oxygens (including phenoxy) is 1. The number of nitrogens with one attached hydrogen (secondary N) is 1. The first-order valence-corrected chi connectivity index (χ1v) is 6.64. The molecule has 108 valence electrons. The van der Waals surface area contributed by atoms with Crippen LogP contribution < -0.4 is 10.1 Å². The fraction of sp³-hybridized carbons (Fsp3) is 0.250. The molecule has 0 radical (unpaired) electrons. The van der Waals surface area contributed by atoms with Gasteiger partial charge in [0.1, 0.15) is 5.82 Å². The summed E-state index contributed by atoms with van der Waals surface area (Å²) in [7, 11) is 0. The Kier molecular flexibility index (Phi) is 4.72. The zero-order valence-corrected chi connectivity index (χ0v) is 11.9. The average molecular weight is 285 g/mol. The molecule has 2 rings (SSSR count). The molecule has 0 aliphatic carbocycles. The van der Waals surface area contributed by atoms with Crippen LogP contribution in [0.15, 0.2) is 36.5 Å². The molecule has 0 aliphatic heterocycles. The van der Waals surface area contributed by atoms with E-state index >= 15 is 0 Å². The summed E-state index contributed by atoms with van der Waals surface area (Å²) in [4.78, 5) is 4.20. The summed E-state index contributed by atoms with van der Waals surface area (Å²) in [6.07, 6.45) is 1.67. The van der Waals surface area contributed by atoms with Crippen LogP contribution >= 0.6 is 0 Å². The molecule has 0 saturated heterocycles. The van der Waals surface area contributed by atoms with E-state index in [-0.39, 0.29) is 12.6 Å². The Morgan fingerprint density at radius 2 is 2.19 bits per heavy atom. The Morgan fingerprint density at radius 1 is 1.38 bits per heavy atom. The van der Waals surface area contributed by atoms with E-state index in [1.165, 1.54) is 6.07 Å². The number of nitriles is 1. The van der Waals surface area contributed by atoms with E-state index in [9.17, 15) is 4.39 Å². The van der Waals surface area contributed by atoms with Crippen molar-refractivity contribution < 1.29 is 9.13 Å². The standard InChI is InChI=1S/C16H16FN3O/c1-11(2)21-15-4-3-7-19-16(15)20-10-13-6-5-12(9-18)8-14(13)17/h3-8,11H,10H2,1-2H3,(H,19,20). The zero-order chi connectivity index (χ0) is 15.2. The Morgan fingerprint density at radius 3 is 2.86 bits per heavy atom. The van der Waals surface area contributed by atoms with Crippen molar-refractivity contribution in [2.75, 3.05) is 5.32 Å². The van der Waals surface area contributed by atoms with E-state index in [4.69, 9.17) is 10.00 Å². The molecule has 0 aliphatic rings. The highest BCUT2D eigenvalue weighted by Crippen LogP contribution is 2.23. The van der Waals surface area contributed by atoms with Crippen LogP contribution in [0.4, 0.5) is 10.2 Å². The summed E-state index contributed by atoms with van der Waals surface area (Å²) < 4.78 is 19.4. The topological polar surface area (TPSA) is 57.9 Å². The van der Waals surface area contributed by atoms with Crippen molar-refractivity contribution in [2.24, 2.45) is 0 Å². The summed E-state index contributed by atoms with van der Waals surface area (Å²) in [5.41, 5.74) is 0.771. The fourth-order valence-electron chi connectivity index (χ4n) is 1.81. The number of anilines is 1. The summed E-state index contributed by atoms with van der Waals surface area (Å²) in [6, 6.07) is 9.90.